The van der Waals surface area contributed by atoms with Crippen LogP contribution in [0.4, 0.5) is 0 Å². The number of nitrogens with two attached hydrogens (primary N) is 1. The van der Waals surface area contributed by atoms with Crippen LogP contribution in [0.3, 0.4) is 0 Å². The number of hydrogen-bond donors (Lipinski definition) is 1. The number of fused-ring (bicyclic) bond motifs is 1. The van der Waals surface area contributed by atoms with Gasteiger partial charge in [-0.05, 0) is 18.9 Å². The van der Waals surface area contributed by atoms with Gasteiger partial charge in [-0.15, -0.1) is 11.3 Å². The lowest BCUT2D eigenvalue weighted by atomic mass is 9.96. The summed E-state index contributed by atoms with van der Waals surface area (Å²) in [5.74, 6) is 0.454. The van der Waals surface area contributed by atoms with Crippen molar-refractivity contribution in [1.29, 1.82) is 0 Å². The molecule has 1 saturated carbocycles. The zero-order chi connectivity index (χ0) is 11.7. The van der Waals surface area contributed by atoms with Gasteiger partial charge < -0.3 is 5.73 Å². The third-order valence-corrected chi connectivity index (χ3v) is 4.76. The van der Waals surface area contributed by atoms with Crippen molar-refractivity contribution in [2.75, 3.05) is 0 Å². The number of pyridine rings is 1. The molecule has 90 valence electrons. The Balaban J connectivity index is 1.95. The third-order valence-electron chi connectivity index (χ3n) is 3.59. The monoisotopic (exact) mass is 247 g/mol. The summed E-state index contributed by atoms with van der Waals surface area (Å²) in [4.78, 5) is 8.83. The number of thiazole rings is 1. The van der Waals surface area contributed by atoms with Gasteiger partial charge in [0, 0.05) is 18.2 Å². The van der Waals surface area contributed by atoms with E-state index in [0.717, 1.165) is 11.9 Å². The molecule has 2 N–H and O–H groups in total. The molecule has 0 aromatic carbocycles. The van der Waals surface area contributed by atoms with Gasteiger partial charge in [-0.25, -0.2) is 4.98 Å². The SMILES string of the molecule is NC1CCCCCC1c1nc2cnccc2s1. The quantitative estimate of drug-likeness (QED) is 0.788. The van der Waals surface area contributed by atoms with Crippen molar-refractivity contribution >= 4 is 21.6 Å². The second-order valence-corrected chi connectivity index (χ2v) is 5.87. The topological polar surface area (TPSA) is 51.8 Å². The van der Waals surface area contributed by atoms with E-state index in [2.05, 4.69) is 4.98 Å². The lowest BCUT2D eigenvalue weighted by Crippen LogP contribution is -2.27. The van der Waals surface area contributed by atoms with Gasteiger partial charge in [0.25, 0.3) is 0 Å². The number of aromatic nitrogens is 2. The molecule has 2 atom stereocenters. The van der Waals surface area contributed by atoms with Crippen molar-refractivity contribution in [1.82, 2.24) is 9.97 Å². The molecule has 0 bridgehead atoms. The summed E-state index contributed by atoms with van der Waals surface area (Å²) in [6.07, 6.45) is 9.87. The van der Waals surface area contributed by atoms with Crippen molar-refractivity contribution in [3.63, 3.8) is 0 Å². The first-order valence-electron chi connectivity index (χ1n) is 6.30. The molecule has 0 spiro atoms. The van der Waals surface area contributed by atoms with E-state index in [1.165, 1.54) is 35.4 Å². The Hall–Kier alpha value is -1.00. The molecule has 2 aromatic heterocycles. The van der Waals surface area contributed by atoms with E-state index >= 15 is 0 Å². The molecule has 17 heavy (non-hydrogen) atoms. The van der Waals surface area contributed by atoms with Gasteiger partial charge in [-0.3, -0.25) is 4.98 Å². The summed E-state index contributed by atoms with van der Waals surface area (Å²) >= 11 is 1.79. The van der Waals surface area contributed by atoms with Crippen molar-refractivity contribution in [3.8, 4) is 0 Å². The molecule has 2 unspecified atom stereocenters. The highest BCUT2D eigenvalue weighted by Gasteiger charge is 2.24. The van der Waals surface area contributed by atoms with Gasteiger partial charge in [-0.2, -0.15) is 0 Å². The fourth-order valence-electron chi connectivity index (χ4n) is 2.60. The van der Waals surface area contributed by atoms with Crippen LogP contribution in [-0.4, -0.2) is 16.0 Å². The summed E-state index contributed by atoms with van der Waals surface area (Å²) in [5.41, 5.74) is 7.30. The van der Waals surface area contributed by atoms with Crippen LogP contribution in [0.1, 0.15) is 43.0 Å². The van der Waals surface area contributed by atoms with Gasteiger partial charge in [-0.1, -0.05) is 19.3 Å². The van der Waals surface area contributed by atoms with Crippen LogP contribution < -0.4 is 5.73 Å². The molecule has 0 aliphatic heterocycles. The second kappa shape index (κ2) is 4.70. The normalized spacial score (nSPS) is 25.9. The molecule has 0 saturated heterocycles. The van der Waals surface area contributed by atoms with Crippen molar-refractivity contribution < 1.29 is 0 Å². The van der Waals surface area contributed by atoms with E-state index in [-0.39, 0.29) is 6.04 Å². The summed E-state index contributed by atoms with van der Waals surface area (Å²) in [6.45, 7) is 0. The Bertz CT molecular complexity index is 475. The summed E-state index contributed by atoms with van der Waals surface area (Å²) in [5, 5.41) is 1.21. The largest absolute Gasteiger partial charge is 0.327 e. The van der Waals surface area contributed by atoms with E-state index in [9.17, 15) is 0 Å². The Morgan fingerprint density at radius 1 is 1.24 bits per heavy atom. The van der Waals surface area contributed by atoms with Crippen molar-refractivity contribution in [2.24, 2.45) is 5.73 Å². The Kier molecular flexibility index (Phi) is 3.07. The first kappa shape index (κ1) is 11.1. The molecule has 3 rings (SSSR count). The predicted octanol–water partition coefficient (Wildman–Crippen LogP) is 3.07. The highest BCUT2D eigenvalue weighted by molar-refractivity contribution is 7.18. The highest BCUT2D eigenvalue weighted by Crippen LogP contribution is 2.35. The molecule has 3 nitrogen and oxygen atoms in total. The molecular formula is C13H17N3S. The van der Waals surface area contributed by atoms with Crippen LogP contribution in [0.5, 0.6) is 0 Å². The average molecular weight is 247 g/mol. The number of nitrogens with zero attached hydrogens (tertiary/aromatic N) is 2. The minimum Gasteiger partial charge on any atom is -0.327 e. The van der Waals surface area contributed by atoms with E-state index in [0.29, 0.717) is 5.92 Å². The Morgan fingerprint density at radius 3 is 3.00 bits per heavy atom. The lowest BCUT2D eigenvalue weighted by molar-refractivity contribution is 0.504. The molecule has 0 radical (unpaired) electrons. The number of rotatable bonds is 1. The number of hydrogen-bond acceptors (Lipinski definition) is 4. The summed E-state index contributed by atoms with van der Waals surface area (Å²) in [6, 6.07) is 2.32. The molecule has 2 aromatic rings. The second-order valence-electron chi connectivity index (χ2n) is 4.80. The van der Waals surface area contributed by atoms with E-state index in [1.54, 1.807) is 11.3 Å². The maximum absolute atomic E-state index is 6.28. The fourth-order valence-corrected chi connectivity index (χ4v) is 3.74. The average Bonchev–Trinajstić information content (AvgIpc) is 2.65. The summed E-state index contributed by atoms with van der Waals surface area (Å²) in [7, 11) is 0. The summed E-state index contributed by atoms with van der Waals surface area (Å²) < 4.78 is 1.23. The molecular weight excluding hydrogens is 230 g/mol. The maximum atomic E-state index is 6.28. The maximum Gasteiger partial charge on any atom is 0.0998 e. The predicted molar refractivity (Wildman–Crippen MR) is 71.2 cm³/mol. The Morgan fingerprint density at radius 2 is 2.12 bits per heavy atom. The first-order valence-corrected chi connectivity index (χ1v) is 7.12. The van der Waals surface area contributed by atoms with Crippen molar-refractivity contribution in [3.05, 3.63) is 23.5 Å². The van der Waals surface area contributed by atoms with Crippen LogP contribution >= 0.6 is 11.3 Å². The smallest absolute Gasteiger partial charge is 0.0998 e. The van der Waals surface area contributed by atoms with E-state index in [1.807, 2.05) is 18.5 Å². The zero-order valence-electron chi connectivity index (χ0n) is 9.80. The molecule has 1 aliphatic rings. The third kappa shape index (κ3) is 2.19. The highest BCUT2D eigenvalue weighted by atomic mass is 32.1. The van der Waals surface area contributed by atoms with E-state index in [4.69, 9.17) is 10.7 Å². The standard InChI is InChI=1S/C13H17N3S/c14-10-5-3-1-2-4-9(10)13-16-11-8-15-7-6-12(11)17-13/h6-10H,1-5,14H2. The van der Waals surface area contributed by atoms with Gasteiger partial charge in [0.2, 0.25) is 0 Å². The van der Waals surface area contributed by atoms with Crippen LogP contribution in [0.25, 0.3) is 10.2 Å². The molecule has 1 fully saturated rings. The van der Waals surface area contributed by atoms with Crippen LogP contribution in [0.15, 0.2) is 18.5 Å². The van der Waals surface area contributed by atoms with Gasteiger partial charge in [0.15, 0.2) is 0 Å². The zero-order valence-corrected chi connectivity index (χ0v) is 10.6. The lowest BCUT2D eigenvalue weighted by Gasteiger charge is -2.18. The minimum atomic E-state index is 0.283. The molecule has 2 heterocycles. The fraction of sp³-hybridized carbons (Fsp3) is 0.538. The van der Waals surface area contributed by atoms with Crippen LogP contribution in [-0.2, 0) is 0 Å². The van der Waals surface area contributed by atoms with Crippen LogP contribution in [0.2, 0.25) is 0 Å². The Labute approximate surface area is 105 Å². The molecule has 1 aliphatic carbocycles. The van der Waals surface area contributed by atoms with Crippen molar-refractivity contribution in [2.45, 2.75) is 44.1 Å². The molecule has 4 heteroatoms. The van der Waals surface area contributed by atoms with Gasteiger partial charge in [0.1, 0.15) is 0 Å². The first-order chi connectivity index (χ1) is 8.34. The van der Waals surface area contributed by atoms with Gasteiger partial charge in [0.05, 0.1) is 21.4 Å². The minimum absolute atomic E-state index is 0.283. The van der Waals surface area contributed by atoms with Gasteiger partial charge >= 0.3 is 0 Å². The van der Waals surface area contributed by atoms with Crippen LogP contribution in [0, 0.1) is 0 Å². The van der Waals surface area contributed by atoms with E-state index < -0.39 is 0 Å². The molecule has 0 amide bonds.